The summed E-state index contributed by atoms with van der Waals surface area (Å²) in [5.74, 6) is 0.228. The summed E-state index contributed by atoms with van der Waals surface area (Å²) in [4.78, 5) is 0.0773. The minimum absolute atomic E-state index is 0.0773. The van der Waals surface area contributed by atoms with Crippen LogP contribution in [0.1, 0.15) is 13.3 Å². The fraction of sp³-hybridized carbons (Fsp3) is 0.500. The van der Waals surface area contributed by atoms with Crippen molar-refractivity contribution in [1.82, 2.24) is 4.72 Å². The Balaban J connectivity index is 2.94. The van der Waals surface area contributed by atoms with Crippen LogP contribution in [0.5, 0.6) is 5.75 Å². The Hall–Kier alpha value is -1.31. The summed E-state index contributed by atoms with van der Waals surface area (Å²) >= 11 is 0. The number of benzene rings is 1. The molecular weight excluding hydrogens is 268 g/mol. The summed E-state index contributed by atoms with van der Waals surface area (Å²) in [5, 5.41) is 0. The van der Waals surface area contributed by atoms with Gasteiger partial charge in [0.25, 0.3) is 0 Å². The highest BCUT2D eigenvalue weighted by atomic mass is 32.2. The zero-order valence-electron chi connectivity index (χ0n) is 11.3. The quantitative estimate of drug-likeness (QED) is 0.730. The summed E-state index contributed by atoms with van der Waals surface area (Å²) in [6.45, 7) is 2.27. The molecule has 1 aromatic rings. The summed E-state index contributed by atoms with van der Waals surface area (Å²) < 4.78 is 37.0. The molecule has 108 valence electrons. The first-order valence-electron chi connectivity index (χ1n) is 5.85. The summed E-state index contributed by atoms with van der Waals surface area (Å²) in [6.07, 6.45) is 0.590. The van der Waals surface area contributed by atoms with E-state index >= 15 is 0 Å². The van der Waals surface area contributed by atoms with E-state index in [9.17, 15) is 8.42 Å². The molecule has 7 heteroatoms. The van der Waals surface area contributed by atoms with Crippen LogP contribution in [0.2, 0.25) is 0 Å². The maximum absolute atomic E-state index is 12.2. The first kappa shape index (κ1) is 15.7. The van der Waals surface area contributed by atoms with Gasteiger partial charge in [-0.2, -0.15) is 0 Å². The molecule has 0 fully saturated rings. The van der Waals surface area contributed by atoms with E-state index in [-0.39, 0.29) is 16.7 Å². The van der Waals surface area contributed by atoms with Crippen molar-refractivity contribution in [1.29, 1.82) is 0 Å². The maximum Gasteiger partial charge on any atom is 0.244 e. The third kappa shape index (κ3) is 4.38. The summed E-state index contributed by atoms with van der Waals surface area (Å²) in [5.41, 5.74) is 6.05. The Morgan fingerprint density at radius 1 is 1.37 bits per heavy atom. The second-order valence-corrected chi connectivity index (χ2v) is 5.90. The highest BCUT2D eigenvalue weighted by molar-refractivity contribution is 7.89. The molecule has 0 saturated carbocycles. The average Bonchev–Trinajstić information content (AvgIpc) is 2.35. The van der Waals surface area contributed by atoms with Crippen LogP contribution in [0.4, 0.5) is 5.69 Å². The molecule has 0 radical (unpaired) electrons. The van der Waals surface area contributed by atoms with Crippen molar-refractivity contribution in [2.75, 3.05) is 26.6 Å². The predicted octanol–water partition coefficient (Wildman–Crippen LogP) is 0.981. The number of nitrogen functional groups attached to an aromatic ring is 1. The van der Waals surface area contributed by atoms with E-state index in [1.54, 1.807) is 14.0 Å². The van der Waals surface area contributed by atoms with Gasteiger partial charge in [-0.3, -0.25) is 0 Å². The molecule has 0 saturated heterocycles. The molecule has 0 aliphatic carbocycles. The molecule has 0 bridgehead atoms. The number of methoxy groups -OCH3 is 2. The van der Waals surface area contributed by atoms with Gasteiger partial charge in [0.1, 0.15) is 10.6 Å². The molecule has 0 aliphatic rings. The van der Waals surface area contributed by atoms with E-state index in [1.807, 2.05) is 0 Å². The number of sulfonamides is 1. The minimum atomic E-state index is -3.64. The number of hydrogen-bond acceptors (Lipinski definition) is 5. The molecule has 0 amide bonds. The standard InChI is InChI=1S/C12H20N2O4S/c1-9(6-7-17-2)14-19(15,16)12-5-4-10(13)8-11(12)18-3/h4-5,8-9,14H,6-7,13H2,1-3H3. The number of nitrogens with one attached hydrogen (secondary N) is 1. The summed E-state index contributed by atoms with van der Waals surface area (Å²) in [6, 6.07) is 4.21. The van der Waals surface area contributed by atoms with Gasteiger partial charge in [0, 0.05) is 31.5 Å². The van der Waals surface area contributed by atoms with E-state index in [1.165, 1.54) is 25.3 Å². The van der Waals surface area contributed by atoms with Gasteiger partial charge in [-0.25, -0.2) is 13.1 Å². The van der Waals surface area contributed by atoms with Crippen LogP contribution < -0.4 is 15.2 Å². The first-order valence-corrected chi connectivity index (χ1v) is 7.34. The smallest absolute Gasteiger partial charge is 0.244 e. The van der Waals surface area contributed by atoms with Crippen molar-refractivity contribution in [2.24, 2.45) is 0 Å². The van der Waals surface area contributed by atoms with E-state index in [0.717, 1.165) is 0 Å². The van der Waals surface area contributed by atoms with Crippen LogP contribution in [-0.4, -0.2) is 35.3 Å². The van der Waals surface area contributed by atoms with E-state index in [4.69, 9.17) is 15.2 Å². The van der Waals surface area contributed by atoms with Gasteiger partial charge >= 0.3 is 0 Å². The molecular formula is C12H20N2O4S. The SMILES string of the molecule is COCCC(C)NS(=O)(=O)c1ccc(N)cc1OC. The molecule has 19 heavy (non-hydrogen) atoms. The average molecular weight is 288 g/mol. The largest absolute Gasteiger partial charge is 0.495 e. The van der Waals surface area contributed by atoms with Crippen molar-refractivity contribution in [3.8, 4) is 5.75 Å². The highest BCUT2D eigenvalue weighted by Gasteiger charge is 2.21. The van der Waals surface area contributed by atoms with Crippen molar-refractivity contribution in [3.05, 3.63) is 18.2 Å². The fourth-order valence-electron chi connectivity index (χ4n) is 1.59. The molecule has 1 aromatic carbocycles. The zero-order chi connectivity index (χ0) is 14.5. The van der Waals surface area contributed by atoms with E-state index in [2.05, 4.69) is 4.72 Å². The molecule has 6 nitrogen and oxygen atoms in total. The van der Waals surface area contributed by atoms with Crippen LogP contribution in [0.3, 0.4) is 0 Å². The number of rotatable bonds is 7. The van der Waals surface area contributed by atoms with Crippen molar-refractivity contribution in [2.45, 2.75) is 24.3 Å². The number of anilines is 1. The maximum atomic E-state index is 12.2. The van der Waals surface area contributed by atoms with Gasteiger partial charge in [0.2, 0.25) is 10.0 Å². The molecule has 1 rings (SSSR count). The molecule has 0 heterocycles. The van der Waals surface area contributed by atoms with E-state index < -0.39 is 10.0 Å². The lowest BCUT2D eigenvalue weighted by Crippen LogP contribution is -2.33. The number of ether oxygens (including phenoxy) is 2. The second-order valence-electron chi connectivity index (χ2n) is 4.21. The Labute approximate surface area is 113 Å². The number of nitrogens with two attached hydrogens (primary N) is 1. The van der Waals surface area contributed by atoms with E-state index in [0.29, 0.717) is 18.7 Å². The van der Waals surface area contributed by atoms with Gasteiger partial charge in [-0.1, -0.05) is 0 Å². The van der Waals surface area contributed by atoms with Crippen LogP contribution in [0.25, 0.3) is 0 Å². The molecule has 0 spiro atoms. The fourth-order valence-corrected chi connectivity index (χ4v) is 3.02. The molecule has 1 unspecified atom stereocenters. The third-order valence-electron chi connectivity index (χ3n) is 2.59. The third-order valence-corrected chi connectivity index (χ3v) is 4.22. The topological polar surface area (TPSA) is 90.7 Å². The second kappa shape index (κ2) is 6.74. The highest BCUT2D eigenvalue weighted by Crippen LogP contribution is 2.26. The first-order chi connectivity index (χ1) is 8.90. The Morgan fingerprint density at radius 3 is 2.63 bits per heavy atom. The van der Waals surface area contributed by atoms with Crippen molar-refractivity contribution < 1.29 is 17.9 Å². The Kier molecular flexibility index (Phi) is 5.59. The van der Waals surface area contributed by atoms with Gasteiger partial charge in [0.05, 0.1) is 7.11 Å². The Morgan fingerprint density at radius 2 is 2.05 bits per heavy atom. The van der Waals surface area contributed by atoms with Crippen molar-refractivity contribution >= 4 is 15.7 Å². The normalized spacial score (nSPS) is 13.2. The molecule has 0 aromatic heterocycles. The molecule has 3 N–H and O–H groups in total. The van der Waals surface area contributed by atoms with Gasteiger partial charge < -0.3 is 15.2 Å². The lowest BCUT2D eigenvalue weighted by Gasteiger charge is -2.15. The zero-order valence-corrected chi connectivity index (χ0v) is 12.2. The van der Waals surface area contributed by atoms with Gasteiger partial charge in [-0.15, -0.1) is 0 Å². The van der Waals surface area contributed by atoms with Gasteiger partial charge in [0.15, 0.2) is 0 Å². The predicted molar refractivity (Wildman–Crippen MR) is 73.7 cm³/mol. The minimum Gasteiger partial charge on any atom is -0.495 e. The monoisotopic (exact) mass is 288 g/mol. The molecule has 0 aliphatic heterocycles. The lowest BCUT2D eigenvalue weighted by atomic mass is 10.3. The van der Waals surface area contributed by atoms with Crippen molar-refractivity contribution in [3.63, 3.8) is 0 Å². The van der Waals surface area contributed by atoms with Crippen LogP contribution in [0, 0.1) is 0 Å². The summed E-state index contributed by atoms with van der Waals surface area (Å²) in [7, 11) is -0.657. The van der Waals surface area contributed by atoms with Crippen LogP contribution in [0.15, 0.2) is 23.1 Å². The number of hydrogen-bond donors (Lipinski definition) is 2. The molecule has 1 atom stereocenters. The lowest BCUT2D eigenvalue weighted by molar-refractivity contribution is 0.188. The van der Waals surface area contributed by atoms with Crippen LogP contribution in [-0.2, 0) is 14.8 Å². The Bertz CT molecular complexity index is 516. The van der Waals surface area contributed by atoms with Gasteiger partial charge in [-0.05, 0) is 25.5 Å². The van der Waals surface area contributed by atoms with Crippen LogP contribution >= 0.6 is 0 Å².